The van der Waals surface area contributed by atoms with Crippen LogP contribution in [0.1, 0.15) is 46.5 Å². The van der Waals surface area contributed by atoms with Crippen molar-refractivity contribution in [3.63, 3.8) is 0 Å². The number of amides is 1. The Kier molecular flexibility index (Phi) is 5.60. The molecule has 1 amide bonds. The quantitative estimate of drug-likeness (QED) is 0.769. The van der Waals surface area contributed by atoms with E-state index in [9.17, 15) is 4.79 Å². The zero-order chi connectivity index (χ0) is 13.8. The highest BCUT2D eigenvalue weighted by Gasteiger charge is 2.37. The third-order valence-electron chi connectivity index (χ3n) is 4.07. The number of carbonyl (C=O) groups is 1. The van der Waals surface area contributed by atoms with Gasteiger partial charge in [-0.1, -0.05) is 26.7 Å². The number of hydrogen-bond donors (Lipinski definition) is 1. The van der Waals surface area contributed by atoms with E-state index >= 15 is 0 Å². The minimum atomic E-state index is -0.388. The zero-order valence-corrected chi connectivity index (χ0v) is 12.3. The molecule has 2 unspecified atom stereocenters. The topological polar surface area (TPSA) is 47.6 Å². The summed E-state index contributed by atoms with van der Waals surface area (Å²) in [4.78, 5) is 12.3. The Hall–Kier alpha value is -0.610. The Bertz CT molecular complexity index is 274. The normalized spacial score (nSPS) is 24.9. The summed E-state index contributed by atoms with van der Waals surface area (Å²) in [5.41, 5.74) is 0.0949. The average molecular weight is 257 g/mol. The predicted molar refractivity (Wildman–Crippen MR) is 71.1 cm³/mol. The van der Waals surface area contributed by atoms with Crippen LogP contribution in [0.2, 0.25) is 0 Å². The van der Waals surface area contributed by atoms with E-state index in [4.69, 9.17) is 9.47 Å². The second-order valence-electron chi connectivity index (χ2n) is 5.92. The second-order valence-corrected chi connectivity index (χ2v) is 5.92. The van der Waals surface area contributed by atoms with Crippen LogP contribution in [0.25, 0.3) is 0 Å². The highest BCUT2D eigenvalue weighted by molar-refractivity contribution is 5.79. The molecule has 0 radical (unpaired) electrons. The first-order valence-corrected chi connectivity index (χ1v) is 6.78. The molecule has 0 aliphatic heterocycles. The first kappa shape index (κ1) is 15.4. The summed E-state index contributed by atoms with van der Waals surface area (Å²) >= 11 is 0. The maximum absolute atomic E-state index is 12.3. The lowest BCUT2D eigenvalue weighted by atomic mass is 9.68. The van der Waals surface area contributed by atoms with Crippen LogP contribution in [0, 0.1) is 11.3 Å². The molecular formula is C14H27NO3. The minimum absolute atomic E-state index is 0.0949. The summed E-state index contributed by atoms with van der Waals surface area (Å²) in [7, 11) is 3.17. The van der Waals surface area contributed by atoms with Gasteiger partial charge in [0, 0.05) is 20.1 Å². The molecule has 0 heterocycles. The molecule has 1 fully saturated rings. The van der Waals surface area contributed by atoms with Crippen molar-refractivity contribution < 1.29 is 14.3 Å². The fourth-order valence-electron chi connectivity index (χ4n) is 2.88. The predicted octanol–water partition coefficient (Wildman–Crippen LogP) is 2.33. The number of methoxy groups -OCH3 is 2. The molecule has 2 atom stereocenters. The third kappa shape index (κ3) is 3.69. The van der Waals surface area contributed by atoms with Gasteiger partial charge in [0.15, 0.2) is 6.29 Å². The van der Waals surface area contributed by atoms with E-state index in [0.29, 0.717) is 0 Å². The van der Waals surface area contributed by atoms with Gasteiger partial charge in [-0.2, -0.15) is 0 Å². The fourth-order valence-corrected chi connectivity index (χ4v) is 2.88. The molecule has 106 valence electrons. The van der Waals surface area contributed by atoms with Gasteiger partial charge in [0.25, 0.3) is 0 Å². The van der Waals surface area contributed by atoms with E-state index < -0.39 is 0 Å². The van der Waals surface area contributed by atoms with Crippen molar-refractivity contribution in [2.75, 3.05) is 14.2 Å². The summed E-state index contributed by atoms with van der Waals surface area (Å²) in [6, 6.07) is -0.134. The fraction of sp³-hybridized carbons (Fsp3) is 0.929. The van der Waals surface area contributed by atoms with Crippen molar-refractivity contribution in [1.82, 2.24) is 5.32 Å². The molecule has 1 aliphatic rings. The van der Waals surface area contributed by atoms with Gasteiger partial charge in [-0.05, 0) is 25.2 Å². The van der Waals surface area contributed by atoms with Crippen LogP contribution < -0.4 is 5.32 Å². The summed E-state index contributed by atoms with van der Waals surface area (Å²) in [5.74, 6) is 0.231. The summed E-state index contributed by atoms with van der Waals surface area (Å²) < 4.78 is 10.3. The highest BCUT2D eigenvalue weighted by Crippen LogP contribution is 2.40. The molecule has 0 aromatic carbocycles. The van der Waals surface area contributed by atoms with Crippen molar-refractivity contribution in [3.05, 3.63) is 0 Å². The molecule has 4 heteroatoms. The van der Waals surface area contributed by atoms with Crippen LogP contribution in [0.3, 0.4) is 0 Å². The van der Waals surface area contributed by atoms with E-state index in [1.165, 1.54) is 6.42 Å². The van der Waals surface area contributed by atoms with Gasteiger partial charge in [0.2, 0.25) is 5.91 Å². The summed E-state index contributed by atoms with van der Waals surface area (Å²) in [6.07, 6.45) is 4.09. The lowest BCUT2D eigenvalue weighted by Crippen LogP contribution is -2.48. The summed E-state index contributed by atoms with van der Waals surface area (Å²) in [5, 5.41) is 3.02. The van der Waals surface area contributed by atoms with Crippen LogP contribution in [0.4, 0.5) is 0 Å². The standard InChI is InChI=1S/C14H27NO3/c1-10(13(17-4)18-5)15-12(16)11-8-6-7-9-14(11,2)3/h10-11,13H,6-9H2,1-5H3,(H,15,16). The number of carbonyl (C=O) groups excluding carboxylic acids is 1. The smallest absolute Gasteiger partial charge is 0.224 e. The molecule has 1 saturated carbocycles. The number of hydrogen-bond acceptors (Lipinski definition) is 3. The first-order chi connectivity index (χ1) is 8.42. The Morgan fingerprint density at radius 1 is 1.28 bits per heavy atom. The molecule has 0 aromatic heterocycles. The average Bonchev–Trinajstić information content (AvgIpc) is 2.29. The largest absolute Gasteiger partial charge is 0.354 e. The Labute approximate surface area is 110 Å². The lowest BCUT2D eigenvalue weighted by molar-refractivity contribution is -0.142. The molecule has 4 nitrogen and oxygen atoms in total. The molecular weight excluding hydrogens is 230 g/mol. The third-order valence-corrected chi connectivity index (χ3v) is 4.07. The summed E-state index contributed by atoms with van der Waals surface area (Å²) in [6.45, 7) is 6.28. The van der Waals surface area contributed by atoms with Crippen molar-refractivity contribution in [1.29, 1.82) is 0 Å². The molecule has 0 saturated heterocycles. The van der Waals surface area contributed by atoms with Gasteiger partial charge >= 0.3 is 0 Å². The molecule has 0 aromatic rings. The van der Waals surface area contributed by atoms with Gasteiger partial charge in [0.05, 0.1) is 6.04 Å². The first-order valence-electron chi connectivity index (χ1n) is 6.78. The van der Waals surface area contributed by atoms with E-state index in [1.54, 1.807) is 14.2 Å². The lowest BCUT2D eigenvalue weighted by Gasteiger charge is -2.38. The minimum Gasteiger partial charge on any atom is -0.354 e. The molecule has 0 spiro atoms. The van der Waals surface area contributed by atoms with E-state index in [1.807, 2.05) is 6.92 Å². The number of rotatable bonds is 5. The van der Waals surface area contributed by atoms with Crippen LogP contribution in [-0.2, 0) is 14.3 Å². The van der Waals surface area contributed by atoms with E-state index in [2.05, 4.69) is 19.2 Å². The second kappa shape index (κ2) is 6.53. The van der Waals surface area contributed by atoms with Crippen molar-refractivity contribution in [2.24, 2.45) is 11.3 Å². The van der Waals surface area contributed by atoms with Crippen LogP contribution in [0.15, 0.2) is 0 Å². The maximum Gasteiger partial charge on any atom is 0.224 e. The zero-order valence-electron chi connectivity index (χ0n) is 12.3. The van der Waals surface area contributed by atoms with Gasteiger partial charge in [0.1, 0.15) is 0 Å². The van der Waals surface area contributed by atoms with Crippen LogP contribution >= 0.6 is 0 Å². The monoisotopic (exact) mass is 257 g/mol. The highest BCUT2D eigenvalue weighted by atomic mass is 16.7. The molecule has 1 N–H and O–H groups in total. The Morgan fingerprint density at radius 2 is 1.89 bits per heavy atom. The molecule has 0 bridgehead atoms. The number of ether oxygens (including phenoxy) is 2. The molecule has 1 aliphatic carbocycles. The maximum atomic E-state index is 12.3. The van der Waals surface area contributed by atoms with E-state index in [-0.39, 0.29) is 29.6 Å². The van der Waals surface area contributed by atoms with Gasteiger partial charge in [-0.15, -0.1) is 0 Å². The Morgan fingerprint density at radius 3 is 2.39 bits per heavy atom. The SMILES string of the molecule is COC(OC)C(C)NC(=O)C1CCCCC1(C)C. The van der Waals surface area contributed by atoms with Gasteiger partial charge < -0.3 is 14.8 Å². The number of nitrogens with one attached hydrogen (secondary N) is 1. The van der Waals surface area contributed by atoms with Crippen LogP contribution in [-0.4, -0.2) is 32.5 Å². The van der Waals surface area contributed by atoms with Crippen molar-refractivity contribution in [3.8, 4) is 0 Å². The van der Waals surface area contributed by atoms with Crippen molar-refractivity contribution >= 4 is 5.91 Å². The van der Waals surface area contributed by atoms with E-state index in [0.717, 1.165) is 19.3 Å². The molecule has 1 rings (SSSR count). The van der Waals surface area contributed by atoms with Crippen LogP contribution in [0.5, 0.6) is 0 Å². The van der Waals surface area contributed by atoms with Gasteiger partial charge in [-0.25, -0.2) is 0 Å². The Balaban J connectivity index is 2.58. The van der Waals surface area contributed by atoms with Crippen molar-refractivity contribution in [2.45, 2.75) is 58.8 Å². The molecule has 18 heavy (non-hydrogen) atoms. The van der Waals surface area contributed by atoms with Gasteiger partial charge in [-0.3, -0.25) is 4.79 Å².